The third-order valence-corrected chi connectivity index (χ3v) is 3.15. The van der Waals surface area contributed by atoms with Crippen LogP contribution in [0.4, 0.5) is 0 Å². The summed E-state index contributed by atoms with van der Waals surface area (Å²) >= 11 is 0. The highest BCUT2D eigenvalue weighted by Crippen LogP contribution is 2.36. The molecule has 0 aromatic rings. The summed E-state index contributed by atoms with van der Waals surface area (Å²) < 4.78 is 0. The third-order valence-electron chi connectivity index (χ3n) is 3.15. The number of hydrogen-bond acceptors (Lipinski definition) is 2. The van der Waals surface area contributed by atoms with Crippen LogP contribution in [-0.2, 0) is 4.79 Å². The van der Waals surface area contributed by atoms with Crippen LogP contribution in [0.2, 0.25) is 0 Å². The number of carbonyl (C=O) groups is 1. The molecule has 2 N–H and O–H groups in total. The summed E-state index contributed by atoms with van der Waals surface area (Å²) in [5, 5.41) is 0. The third kappa shape index (κ3) is 1.04. The average Bonchev–Trinajstić information content (AvgIpc) is 2.60. The van der Waals surface area contributed by atoms with Gasteiger partial charge in [-0.25, -0.2) is 0 Å². The van der Waals surface area contributed by atoms with Crippen molar-refractivity contribution in [3.63, 3.8) is 0 Å². The van der Waals surface area contributed by atoms with Gasteiger partial charge in [0.15, 0.2) is 0 Å². The van der Waals surface area contributed by atoms with E-state index in [-0.39, 0.29) is 11.9 Å². The van der Waals surface area contributed by atoms with E-state index in [1.807, 2.05) is 11.8 Å². The van der Waals surface area contributed by atoms with Crippen LogP contribution in [0.3, 0.4) is 0 Å². The molecular weight excluding hydrogens is 152 g/mol. The standard InChI is InChI=1S/C9H16N2O/c1-2-9(12)11-5-6-3-7(10)8(11)4-6/h6-8H,2-5,10H2,1H3. The number of piperidine rings is 1. The van der Waals surface area contributed by atoms with Gasteiger partial charge in [0.05, 0.1) is 0 Å². The maximum absolute atomic E-state index is 11.4. The van der Waals surface area contributed by atoms with Crippen molar-refractivity contribution in [3.05, 3.63) is 0 Å². The summed E-state index contributed by atoms with van der Waals surface area (Å²) in [6, 6.07) is 0.613. The highest BCUT2D eigenvalue weighted by Gasteiger charge is 2.44. The molecule has 2 aliphatic rings. The molecule has 0 radical (unpaired) electrons. The summed E-state index contributed by atoms with van der Waals surface area (Å²) in [4.78, 5) is 13.4. The van der Waals surface area contributed by atoms with Crippen LogP contribution < -0.4 is 5.73 Å². The Bertz CT molecular complexity index is 205. The normalized spacial score (nSPS) is 39.2. The molecule has 1 saturated carbocycles. The number of rotatable bonds is 1. The number of hydrogen-bond donors (Lipinski definition) is 1. The summed E-state index contributed by atoms with van der Waals surface area (Å²) in [5.41, 5.74) is 5.91. The predicted molar refractivity (Wildman–Crippen MR) is 46.5 cm³/mol. The van der Waals surface area contributed by atoms with E-state index in [9.17, 15) is 4.79 Å². The van der Waals surface area contributed by atoms with Crippen molar-refractivity contribution >= 4 is 5.91 Å². The van der Waals surface area contributed by atoms with Crippen LogP contribution in [0, 0.1) is 5.92 Å². The van der Waals surface area contributed by atoms with Crippen LogP contribution in [0.5, 0.6) is 0 Å². The van der Waals surface area contributed by atoms with Crippen LogP contribution in [0.15, 0.2) is 0 Å². The minimum atomic E-state index is 0.249. The molecule has 1 amide bonds. The second-order valence-electron chi connectivity index (χ2n) is 3.97. The molecule has 1 aliphatic heterocycles. The molecule has 0 spiro atoms. The second-order valence-corrected chi connectivity index (χ2v) is 3.97. The molecule has 3 atom stereocenters. The van der Waals surface area contributed by atoms with Crippen molar-refractivity contribution in [2.45, 2.75) is 38.3 Å². The van der Waals surface area contributed by atoms with E-state index in [2.05, 4.69) is 0 Å². The topological polar surface area (TPSA) is 46.3 Å². The lowest BCUT2D eigenvalue weighted by atomic mass is 10.1. The van der Waals surface area contributed by atoms with Gasteiger partial charge in [-0.05, 0) is 18.8 Å². The Morgan fingerprint density at radius 3 is 2.83 bits per heavy atom. The first-order chi connectivity index (χ1) is 5.72. The minimum Gasteiger partial charge on any atom is -0.338 e. The number of amides is 1. The van der Waals surface area contributed by atoms with Gasteiger partial charge in [-0.3, -0.25) is 4.79 Å². The molecule has 2 fully saturated rings. The van der Waals surface area contributed by atoms with E-state index in [4.69, 9.17) is 5.73 Å². The van der Waals surface area contributed by atoms with E-state index >= 15 is 0 Å². The molecule has 0 aromatic heterocycles. The highest BCUT2D eigenvalue weighted by atomic mass is 16.2. The molecule has 2 rings (SSSR count). The Hall–Kier alpha value is -0.570. The second kappa shape index (κ2) is 2.73. The maximum atomic E-state index is 11.4. The Morgan fingerprint density at radius 2 is 2.33 bits per heavy atom. The summed E-state index contributed by atoms with van der Waals surface area (Å²) in [5.74, 6) is 0.971. The van der Waals surface area contributed by atoms with Crippen molar-refractivity contribution in [1.82, 2.24) is 4.90 Å². The van der Waals surface area contributed by atoms with Gasteiger partial charge < -0.3 is 10.6 Å². The predicted octanol–water partition coefficient (Wildman–Crippen LogP) is 0.345. The lowest BCUT2D eigenvalue weighted by Gasteiger charge is -2.30. The molecule has 2 bridgehead atoms. The van der Waals surface area contributed by atoms with E-state index in [0.717, 1.165) is 19.4 Å². The first kappa shape index (κ1) is 8.05. The molecule has 1 heterocycles. The van der Waals surface area contributed by atoms with E-state index in [1.165, 1.54) is 0 Å². The van der Waals surface area contributed by atoms with Crippen LogP contribution >= 0.6 is 0 Å². The van der Waals surface area contributed by atoms with Gasteiger partial charge in [0.25, 0.3) is 0 Å². The van der Waals surface area contributed by atoms with Crippen molar-refractivity contribution in [2.24, 2.45) is 11.7 Å². The Morgan fingerprint density at radius 1 is 1.58 bits per heavy atom. The molecule has 1 aliphatic carbocycles. The zero-order valence-corrected chi connectivity index (χ0v) is 7.49. The van der Waals surface area contributed by atoms with Crippen molar-refractivity contribution in [3.8, 4) is 0 Å². The van der Waals surface area contributed by atoms with Gasteiger partial charge in [0.2, 0.25) is 5.91 Å². The molecule has 3 unspecified atom stereocenters. The first-order valence-electron chi connectivity index (χ1n) is 4.77. The van der Waals surface area contributed by atoms with Gasteiger partial charge in [-0.15, -0.1) is 0 Å². The SMILES string of the molecule is CCC(=O)N1CC2CC(N)C1C2. The van der Waals surface area contributed by atoms with Gasteiger partial charge in [0, 0.05) is 25.0 Å². The monoisotopic (exact) mass is 168 g/mol. The summed E-state index contributed by atoms with van der Waals surface area (Å²) in [7, 11) is 0. The fraction of sp³-hybridized carbons (Fsp3) is 0.889. The number of carbonyl (C=O) groups excluding carboxylic acids is 1. The fourth-order valence-electron chi connectivity index (χ4n) is 2.57. The number of nitrogens with two attached hydrogens (primary N) is 1. The molecule has 3 nitrogen and oxygen atoms in total. The van der Waals surface area contributed by atoms with Crippen molar-refractivity contribution in [1.29, 1.82) is 0 Å². The zero-order valence-electron chi connectivity index (χ0n) is 7.49. The maximum Gasteiger partial charge on any atom is 0.222 e. The molecule has 68 valence electrons. The summed E-state index contributed by atoms with van der Waals surface area (Å²) in [6.07, 6.45) is 2.89. The lowest BCUT2D eigenvalue weighted by Crippen LogP contribution is -2.48. The highest BCUT2D eigenvalue weighted by molar-refractivity contribution is 5.76. The van der Waals surface area contributed by atoms with E-state index < -0.39 is 0 Å². The zero-order chi connectivity index (χ0) is 8.72. The average molecular weight is 168 g/mol. The van der Waals surface area contributed by atoms with Crippen molar-refractivity contribution in [2.75, 3.05) is 6.54 Å². The van der Waals surface area contributed by atoms with Crippen molar-refractivity contribution < 1.29 is 4.79 Å². The molecule has 1 saturated heterocycles. The Balaban J connectivity index is 2.07. The largest absolute Gasteiger partial charge is 0.338 e. The number of likely N-dealkylation sites (tertiary alicyclic amines) is 1. The Kier molecular flexibility index (Phi) is 1.83. The Labute approximate surface area is 72.9 Å². The van der Waals surface area contributed by atoms with Crippen LogP contribution in [-0.4, -0.2) is 29.4 Å². The smallest absolute Gasteiger partial charge is 0.222 e. The minimum absolute atomic E-state index is 0.249. The number of fused-ring (bicyclic) bond motifs is 2. The molecule has 3 heteroatoms. The molecule has 12 heavy (non-hydrogen) atoms. The van der Waals surface area contributed by atoms with Gasteiger partial charge in [-0.2, -0.15) is 0 Å². The number of nitrogens with zero attached hydrogens (tertiary/aromatic N) is 1. The fourth-order valence-corrected chi connectivity index (χ4v) is 2.57. The molecule has 0 aromatic carbocycles. The van der Waals surface area contributed by atoms with E-state index in [1.54, 1.807) is 0 Å². The quantitative estimate of drug-likeness (QED) is 0.614. The van der Waals surface area contributed by atoms with Gasteiger partial charge >= 0.3 is 0 Å². The van der Waals surface area contributed by atoms with Gasteiger partial charge in [-0.1, -0.05) is 6.92 Å². The first-order valence-corrected chi connectivity index (χ1v) is 4.77. The van der Waals surface area contributed by atoms with Crippen LogP contribution in [0.25, 0.3) is 0 Å². The van der Waals surface area contributed by atoms with E-state index in [0.29, 0.717) is 18.4 Å². The summed E-state index contributed by atoms with van der Waals surface area (Å²) in [6.45, 7) is 2.88. The van der Waals surface area contributed by atoms with Crippen LogP contribution in [0.1, 0.15) is 26.2 Å². The molecular formula is C9H16N2O. The van der Waals surface area contributed by atoms with Gasteiger partial charge in [0.1, 0.15) is 0 Å². The lowest BCUT2D eigenvalue weighted by molar-refractivity contribution is -0.132.